The van der Waals surface area contributed by atoms with Gasteiger partial charge in [-0.2, -0.15) is 0 Å². The molecule has 166 valence electrons. The Kier molecular flexibility index (Phi) is 8.47. The summed E-state index contributed by atoms with van der Waals surface area (Å²) in [6.07, 6.45) is 2.59. The monoisotopic (exact) mass is 469 g/mol. The van der Waals surface area contributed by atoms with E-state index in [2.05, 4.69) is 27.4 Å². The fourth-order valence-corrected chi connectivity index (χ4v) is 4.01. The molecule has 0 aliphatic heterocycles. The lowest BCUT2D eigenvalue weighted by Crippen LogP contribution is -2.19. The normalized spacial score (nSPS) is 10.6. The van der Waals surface area contributed by atoms with Crippen LogP contribution in [-0.4, -0.2) is 32.3 Å². The first-order valence-corrected chi connectivity index (χ1v) is 11.5. The Balaban J connectivity index is 1.63. The van der Waals surface area contributed by atoms with Crippen LogP contribution in [0.4, 0.5) is 11.4 Å². The zero-order valence-electron chi connectivity index (χ0n) is 17.7. The number of anilines is 2. The summed E-state index contributed by atoms with van der Waals surface area (Å²) >= 11 is 7.19. The molecule has 2 aromatic carbocycles. The second-order valence-corrected chi connectivity index (χ2v) is 8.26. The SMILES string of the molecule is C=CCn1c(CC(=O)Nc2ccccc2CC)nnc1SCC(=O)Nc1cccc(Cl)c1. The number of benzene rings is 2. The number of nitrogens with zero attached hydrogens (tertiary/aromatic N) is 3. The van der Waals surface area contributed by atoms with Crippen molar-refractivity contribution < 1.29 is 9.59 Å². The number of aromatic nitrogens is 3. The topological polar surface area (TPSA) is 88.9 Å². The number of nitrogens with one attached hydrogen (secondary N) is 2. The summed E-state index contributed by atoms with van der Waals surface area (Å²) in [5.74, 6) is 0.270. The fraction of sp³-hybridized carbons (Fsp3) is 0.217. The number of aryl methyl sites for hydroxylation is 1. The molecule has 3 rings (SSSR count). The minimum absolute atomic E-state index is 0.0637. The maximum atomic E-state index is 12.6. The van der Waals surface area contributed by atoms with Crippen LogP contribution in [-0.2, 0) is 29.0 Å². The van der Waals surface area contributed by atoms with Crippen LogP contribution in [0.25, 0.3) is 0 Å². The molecule has 0 fully saturated rings. The van der Waals surface area contributed by atoms with Gasteiger partial charge in [0, 0.05) is 22.9 Å². The van der Waals surface area contributed by atoms with Crippen molar-refractivity contribution in [2.45, 2.75) is 31.5 Å². The number of thioether (sulfide) groups is 1. The minimum atomic E-state index is -0.194. The third-order valence-electron chi connectivity index (χ3n) is 4.54. The van der Waals surface area contributed by atoms with E-state index in [-0.39, 0.29) is 24.0 Å². The van der Waals surface area contributed by atoms with Gasteiger partial charge in [-0.05, 0) is 36.2 Å². The molecule has 1 heterocycles. The first kappa shape index (κ1) is 23.6. The van der Waals surface area contributed by atoms with Gasteiger partial charge < -0.3 is 15.2 Å². The molecule has 0 unspecified atom stereocenters. The summed E-state index contributed by atoms with van der Waals surface area (Å²) in [4.78, 5) is 24.9. The van der Waals surface area contributed by atoms with Crippen molar-refractivity contribution in [2.75, 3.05) is 16.4 Å². The van der Waals surface area contributed by atoms with Gasteiger partial charge >= 0.3 is 0 Å². The van der Waals surface area contributed by atoms with Crippen LogP contribution in [0.5, 0.6) is 0 Å². The van der Waals surface area contributed by atoms with E-state index in [0.717, 1.165) is 17.7 Å². The predicted octanol–water partition coefficient (Wildman–Crippen LogP) is 4.59. The molecule has 0 saturated heterocycles. The molecule has 9 heteroatoms. The molecule has 7 nitrogen and oxygen atoms in total. The van der Waals surface area contributed by atoms with Gasteiger partial charge in [0.1, 0.15) is 5.82 Å². The van der Waals surface area contributed by atoms with E-state index in [4.69, 9.17) is 11.6 Å². The highest BCUT2D eigenvalue weighted by atomic mass is 35.5. The van der Waals surface area contributed by atoms with E-state index in [1.54, 1.807) is 34.9 Å². The van der Waals surface area contributed by atoms with Crippen molar-refractivity contribution in [3.63, 3.8) is 0 Å². The van der Waals surface area contributed by atoms with Gasteiger partial charge in [0.15, 0.2) is 5.16 Å². The van der Waals surface area contributed by atoms with Crippen molar-refractivity contribution in [3.05, 3.63) is 77.6 Å². The zero-order chi connectivity index (χ0) is 22.9. The lowest BCUT2D eigenvalue weighted by Gasteiger charge is -2.11. The molecule has 2 amide bonds. The lowest BCUT2D eigenvalue weighted by atomic mass is 10.1. The van der Waals surface area contributed by atoms with E-state index in [9.17, 15) is 9.59 Å². The van der Waals surface area contributed by atoms with Crippen LogP contribution >= 0.6 is 23.4 Å². The molecule has 0 aliphatic carbocycles. The summed E-state index contributed by atoms with van der Waals surface area (Å²) < 4.78 is 1.79. The fourth-order valence-electron chi connectivity index (χ4n) is 3.05. The number of carbonyl (C=O) groups excluding carboxylic acids is 2. The molecule has 0 saturated carbocycles. The molecule has 0 spiro atoms. The Morgan fingerprint density at radius 1 is 1.12 bits per heavy atom. The summed E-state index contributed by atoms with van der Waals surface area (Å²) in [6.45, 7) is 6.24. The Morgan fingerprint density at radius 2 is 1.94 bits per heavy atom. The van der Waals surface area contributed by atoms with Crippen LogP contribution in [0.1, 0.15) is 18.3 Å². The molecular formula is C23H24ClN5O2S. The van der Waals surface area contributed by atoms with Crippen molar-refractivity contribution in [3.8, 4) is 0 Å². The average molecular weight is 470 g/mol. The number of hydrogen-bond donors (Lipinski definition) is 2. The Bertz CT molecular complexity index is 1120. The van der Waals surface area contributed by atoms with Crippen LogP contribution in [0.3, 0.4) is 0 Å². The summed E-state index contributed by atoms with van der Waals surface area (Å²) in [7, 11) is 0. The maximum Gasteiger partial charge on any atom is 0.234 e. The highest BCUT2D eigenvalue weighted by molar-refractivity contribution is 7.99. The van der Waals surface area contributed by atoms with Gasteiger partial charge in [0.05, 0.1) is 12.2 Å². The van der Waals surface area contributed by atoms with Crippen LogP contribution in [0.15, 0.2) is 66.3 Å². The molecule has 0 radical (unpaired) electrons. The number of allylic oxidation sites excluding steroid dienone is 1. The molecule has 0 atom stereocenters. The Hall–Kier alpha value is -3.10. The van der Waals surface area contributed by atoms with E-state index in [1.807, 2.05) is 31.2 Å². The maximum absolute atomic E-state index is 12.6. The Labute approximate surface area is 196 Å². The summed E-state index contributed by atoms with van der Waals surface area (Å²) in [5, 5.41) is 15.2. The first-order chi connectivity index (χ1) is 15.5. The van der Waals surface area contributed by atoms with E-state index >= 15 is 0 Å². The molecular weight excluding hydrogens is 446 g/mol. The van der Waals surface area contributed by atoms with Crippen LogP contribution < -0.4 is 10.6 Å². The number of hydrogen-bond acceptors (Lipinski definition) is 5. The van der Waals surface area contributed by atoms with E-state index in [0.29, 0.717) is 28.2 Å². The third kappa shape index (κ3) is 6.45. The number of amides is 2. The second-order valence-electron chi connectivity index (χ2n) is 6.88. The molecule has 3 aromatic rings. The van der Waals surface area contributed by atoms with Crippen molar-refractivity contribution in [1.29, 1.82) is 0 Å². The first-order valence-electron chi connectivity index (χ1n) is 10.1. The number of halogens is 1. The van der Waals surface area contributed by atoms with Gasteiger partial charge in [-0.25, -0.2) is 0 Å². The smallest absolute Gasteiger partial charge is 0.234 e. The predicted molar refractivity (Wildman–Crippen MR) is 129 cm³/mol. The Morgan fingerprint density at radius 3 is 2.69 bits per heavy atom. The van der Waals surface area contributed by atoms with Gasteiger partial charge in [0.2, 0.25) is 11.8 Å². The molecule has 0 aliphatic rings. The standard InChI is InChI=1S/C23H24ClN5O2S/c1-3-12-29-20(14-21(30)26-19-11-6-5-8-16(19)4-2)27-28-23(29)32-15-22(31)25-18-10-7-9-17(24)13-18/h3,5-11,13H,1,4,12,14-15H2,2H3,(H,25,31)(H,26,30). The number of carbonyl (C=O) groups is 2. The van der Waals surface area contributed by atoms with Crippen LogP contribution in [0.2, 0.25) is 5.02 Å². The van der Waals surface area contributed by atoms with Crippen molar-refractivity contribution in [2.24, 2.45) is 0 Å². The molecule has 2 N–H and O–H groups in total. The van der Waals surface area contributed by atoms with Gasteiger partial charge in [-0.3, -0.25) is 9.59 Å². The average Bonchev–Trinajstić information content (AvgIpc) is 3.14. The third-order valence-corrected chi connectivity index (χ3v) is 5.74. The number of rotatable bonds is 10. The van der Waals surface area contributed by atoms with Crippen molar-refractivity contribution in [1.82, 2.24) is 14.8 Å². The zero-order valence-corrected chi connectivity index (χ0v) is 19.2. The van der Waals surface area contributed by atoms with E-state index < -0.39 is 0 Å². The van der Waals surface area contributed by atoms with Crippen LogP contribution in [0, 0.1) is 0 Å². The second kappa shape index (κ2) is 11.5. The molecule has 32 heavy (non-hydrogen) atoms. The summed E-state index contributed by atoms with van der Waals surface area (Å²) in [5.41, 5.74) is 2.48. The quantitative estimate of drug-likeness (QED) is 0.335. The highest BCUT2D eigenvalue weighted by Gasteiger charge is 2.17. The van der Waals surface area contributed by atoms with Gasteiger partial charge in [-0.1, -0.05) is 60.6 Å². The lowest BCUT2D eigenvalue weighted by molar-refractivity contribution is -0.116. The summed E-state index contributed by atoms with van der Waals surface area (Å²) in [6, 6.07) is 14.6. The van der Waals surface area contributed by atoms with Crippen molar-refractivity contribution >= 4 is 46.6 Å². The molecule has 0 bridgehead atoms. The minimum Gasteiger partial charge on any atom is -0.325 e. The van der Waals surface area contributed by atoms with Gasteiger partial charge in [-0.15, -0.1) is 16.8 Å². The highest BCUT2D eigenvalue weighted by Crippen LogP contribution is 2.20. The van der Waals surface area contributed by atoms with E-state index in [1.165, 1.54) is 11.8 Å². The molecule has 1 aromatic heterocycles. The largest absolute Gasteiger partial charge is 0.325 e. The number of para-hydroxylation sites is 1. The van der Waals surface area contributed by atoms with Gasteiger partial charge in [0.25, 0.3) is 0 Å².